The molecule has 2 rings (SSSR count). The molecule has 0 aliphatic heterocycles. The van der Waals surface area contributed by atoms with Crippen molar-refractivity contribution >= 4 is 35.9 Å². The van der Waals surface area contributed by atoms with E-state index in [-0.39, 0.29) is 7.02 Å². The van der Waals surface area contributed by atoms with Crippen molar-refractivity contribution in [3.05, 3.63) is 60.7 Å². The van der Waals surface area contributed by atoms with E-state index in [0.717, 1.165) is 0 Å². The molecule has 16 heavy (non-hydrogen) atoms. The van der Waals surface area contributed by atoms with Gasteiger partial charge in [0.15, 0.2) is 0 Å². The predicted molar refractivity (Wildman–Crippen MR) is 69.0 cm³/mol. The van der Waals surface area contributed by atoms with E-state index in [1.54, 1.807) is 36.4 Å². The van der Waals surface area contributed by atoms with E-state index in [1.165, 1.54) is 24.3 Å². The first kappa shape index (κ1) is 12.1. The zero-order valence-corrected chi connectivity index (χ0v) is 12.5. The summed E-state index contributed by atoms with van der Waals surface area (Å²) in [5.41, 5.74) is 0. The maximum atomic E-state index is 14.7. The van der Waals surface area contributed by atoms with Gasteiger partial charge >= 0.3 is 102 Å². The molecule has 0 spiro atoms. The second kappa shape index (κ2) is 4.12. The standard InChI is InChI=1S/2C6H5.BrH.2FH.Sb/c2*1-2-4-6-5-3-1;;;;/h2*1-5H;3*1H;/q;;;;;+3/p-3. The fraction of sp³-hybridized carbons (Fsp3) is 0. The fourth-order valence-electron chi connectivity index (χ4n) is 1.49. The minimum atomic E-state index is -5.98. The molecular formula is C12H10BrF2Sb. The minimum absolute atomic E-state index is 0.126. The molecule has 0 saturated carbocycles. The number of halogens is 3. The van der Waals surface area contributed by atoms with Crippen molar-refractivity contribution < 1.29 is 5.63 Å². The Bertz CT molecular complexity index is 433. The summed E-state index contributed by atoms with van der Waals surface area (Å²) in [5, 5.41) is 0. The summed E-state index contributed by atoms with van der Waals surface area (Å²) < 4.78 is 29.6. The van der Waals surface area contributed by atoms with Gasteiger partial charge in [-0.15, -0.1) is 0 Å². The Morgan fingerprint density at radius 3 is 1.31 bits per heavy atom. The van der Waals surface area contributed by atoms with E-state index >= 15 is 0 Å². The van der Waals surface area contributed by atoms with Gasteiger partial charge in [-0.1, -0.05) is 0 Å². The molecule has 0 fully saturated rings. The molecule has 0 aliphatic rings. The third-order valence-electron chi connectivity index (χ3n) is 2.36. The van der Waals surface area contributed by atoms with Crippen LogP contribution in [0.1, 0.15) is 0 Å². The number of hydrogen-bond donors (Lipinski definition) is 0. The summed E-state index contributed by atoms with van der Waals surface area (Å²) in [7, 11) is 0. The van der Waals surface area contributed by atoms with Gasteiger partial charge in [-0.3, -0.25) is 0 Å². The molecule has 0 bridgehead atoms. The Kier molecular flexibility index (Phi) is 3.11. The monoisotopic (exact) mass is 392 g/mol. The van der Waals surface area contributed by atoms with Crippen LogP contribution >= 0.6 is 12.6 Å². The van der Waals surface area contributed by atoms with Crippen LogP contribution in [0.4, 0.5) is 5.63 Å². The molecule has 0 nitrogen and oxygen atoms in total. The topological polar surface area (TPSA) is 0 Å². The van der Waals surface area contributed by atoms with Gasteiger partial charge in [0.2, 0.25) is 0 Å². The predicted octanol–water partition coefficient (Wildman–Crippen LogP) is 3.03. The van der Waals surface area contributed by atoms with Gasteiger partial charge in [0.25, 0.3) is 0 Å². The van der Waals surface area contributed by atoms with Gasteiger partial charge in [0, 0.05) is 0 Å². The molecular weight excluding hydrogens is 384 g/mol. The Balaban J connectivity index is 2.60. The molecule has 4 heteroatoms. The van der Waals surface area contributed by atoms with Gasteiger partial charge in [0.1, 0.15) is 0 Å². The van der Waals surface area contributed by atoms with Gasteiger partial charge < -0.3 is 0 Å². The van der Waals surface area contributed by atoms with E-state index in [1.807, 2.05) is 0 Å². The number of rotatable bonds is 2. The van der Waals surface area contributed by atoms with Crippen molar-refractivity contribution in [2.24, 2.45) is 0 Å². The van der Waals surface area contributed by atoms with Crippen LogP contribution in [-0.4, -0.2) is 16.3 Å². The second-order valence-corrected chi connectivity index (χ2v) is 19.4. The van der Waals surface area contributed by atoms with Crippen LogP contribution in [0.3, 0.4) is 0 Å². The van der Waals surface area contributed by atoms with E-state index in [4.69, 9.17) is 0 Å². The first-order valence-corrected chi connectivity index (χ1v) is 15.0. The molecule has 84 valence electrons. The normalized spacial score (nSPS) is 14.1. The summed E-state index contributed by atoms with van der Waals surface area (Å²) >= 11 is -3.21. The zero-order valence-electron chi connectivity index (χ0n) is 8.35. The molecule has 0 saturated heterocycles. The van der Waals surface area contributed by atoms with Gasteiger partial charge in [-0.25, -0.2) is 0 Å². The van der Waals surface area contributed by atoms with Crippen LogP contribution in [0.15, 0.2) is 60.7 Å². The molecule has 2 aromatic rings. The Hall–Kier alpha value is -0.402. The van der Waals surface area contributed by atoms with Crippen LogP contribution < -0.4 is 7.02 Å². The van der Waals surface area contributed by atoms with E-state index in [0.29, 0.717) is 0 Å². The van der Waals surface area contributed by atoms with Crippen LogP contribution in [0.25, 0.3) is 0 Å². The Morgan fingerprint density at radius 2 is 1.00 bits per heavy atom. The van der Waals surface area contributed by atoms with Crippen molar-refractivity contribution in [2.75, 3.05) is 0 Å². The summed E-state index contributed by atoms with van der Waals surface area (Å²) in [4.78, 5) is 0. The quantitative estimate of drug-likeness (QED) is 0.688. The van der Waals surface area contributed by atoms with Crippen molar-refractivity contribution in [1.29, 1.82) is 0 Å². The number of benzene rings is 2. The molecule has 0 amide bonds. The molecule has 0 aliphatic carbocycles. The second-order valence-electron chi connectivity index (χ2n) is 3.48. The number of hydrogen-bond acceptors (Lipinski definition) is 0. The van der Waals surface area contributed by atoms with Crippen molar-refractivity contribution in [3.8, 4) is 0 Å². The van der Waals surface area contributed by atoms with Crippen molar-refractivity contribution in [3.63, 3.8) is 0 Å². The first-order valence-electron chi connectivity index (χ1n) is 4.78. The fourth-order valence-corrected chi connectivity index (χ4v) is 9.28. The molecule has 0 atom stereocenters. The average molecular weight is 394 g/mol. The van der Waals surface area contributed by atoms with E-state index in [9.17, 15) is 5.63 Å². The van der Waals surface area contributed by atoms with Crippen LogP contribution in [-0.2, 0) is 0 Å². The SMILES string of the molecule is [F][Sb]([F])([Br])([c]1ccccc1)[c]1ccccc1. The summed E-state index contributed by atoms with van der Waals surface area (Å²) in [5.74, 6) is 0. The Morgan fingerprint density at radius 1 is 0.688 bits per heavy atom. The third kappa shape index (κ3) is 2.16. The molecule has 0 radical (unpaired) electrons. The first-order chi connectivity index (χ1) is 7.49. The molecule has 0 aromatic heterocycles. The van der Waals surface area contributed by atoms with E-state index in [2.05, 4.69) is 12.6 Å². The third-order valence-corrected chi connectivity index (χ3v) is 14.4. The van der Waals surface area contributed by atoms with Crippen molar-refractivity contribution in [2.45, 2.75) is 0 Å². The van der Waals surface area contributed by atoms with Gasteiger partial charge in [-0.2, -0.15) is 0 Å². The summed E-state index contributed by atoms with van der Waals surface area (Å²) in [6, 6.07) is 16.0. The van der Waals surface area contributed by atoms with Crippen LogP contribution in [0, 0.1) is 0 Å². The van der Waals surface area contributed by atoms with Crippen LogP contribution in [0.5, 0.6) is 0 Å². The molecule has 0 N–H and O–H groups in total. The molecule has 0 unspecified atom stereocenters. The van der Waals surface area contributed by atoms with Gasteiger partial charge in [0.05, 0.1) is 0 Å². The average Bonchev–Trinajstić information content (AvgIpc) is 2.31. The Labute approximate surface area is 102 Å². The maximum absolute atomic E-state index is 14.7. The summed E-state index contributed by atoms with van der Waals surface area (Å²) in [6.07, 6.45) is 0. The van der Waals surface area contributed by atoms with Crippen LogP contribution in [0.2, 0.25) is 0 Å². The molecule has 0 heterocycles. The van der Waals surface area contributed by atoms with E-state index < -0.39 is 16.3 Å². The van der Waals surface area contributed by atoms with Gasteiger partial charge in [-0.05, 0) is 0 Å². The van der Waals surface area contributed by atoms with Crippen molar-refractivity contribution in [1.82, 2.24) is 0 Å². The zero-order chi connectivity index (χ0) is 11.7. The molecule has 2 aromatic carbocycles. The summed E-state index contributed by atoms with van der Waals surface area (Å²) in [6.45, 7) is 0.